The van der Waals surface area contributed by atoms with Gasteiger partial charge in [0.25, 0.3) is 0 Å². The van der Waals surface area contributed by atoms with Crippen LogP contribution in [-0.4, -0.2) is 14.7 Å². The minimum absolute atomic E-state index is 0.0518. The van der Waals surface area contributed by atoms with Gasteiger partial charge in [-0.15, -0.1) is 0 Å². The maximum absolute atomic E-state index is 13.4. The van der Waals surface area contributed by atoms with Crippen LogP contribution in [0.15, 0.2) is 60.7 Å². The molecule has 1 atom stereocenters. The van der Waals surface area contributed by atoms with Crippen LogP contribution in [0.3, 0.4) is 0 Å². The van der Waals surface area contributed by atoms with Gasteiger partial charge >= 0.3 is 15.2 Å². The Bertz CT molecular complexity index is 1280. The fraction of sp³-hybridized carbons (Fsp3) is 0.400. The summed E-state index contributed by atoms with van der Waals surface area (Å²) in [6.07, 6.45) is 9.14. The van der Waals surface area contributed by atoms with Crippen molar-refractivity contribution in [3.05, 3.63) is 77.4 Å². The predicted molar refractivity (Wildman–Crippen MR) is 156 cm³/mol. The Balaban J connectivity index is 1.90. The number of unbranched alkanes of at least 4 members (excludes halogenated alkanes) is 3. The van der Waals surface area contributed by atoms with E-state index in [1.165, 1.54) is 23.3 Å². The van der Waals surface area contributed by atoms with Crippen molar-refractivity contribution in [3.63, 3.8) is 0 Å². The summed E-state index contributed by atoms with van der Waals surface area (Å²) in [6, 6.07) is 16.5. The van der Waals surface area contributed by atoms with E-state index in [2.05, 4.69) is 26.8 Å². The van der Waals surface area contributed by atoms with Crippen LogP contribution < -0.4 is 15.1 Å². The summed E-state index contributed by atoms with van der Waals surface area (Å²) >= 11 is 0. The minimum atomic E-state index is -4.31. The number of hydrogen-bond donors (Lipinski definition) is 3. The molecule has 0 aliphatic rings. The molecule has 0 bridgehead atoms. The SMILES string of the molecule is CCCCc1ccc(OP(=O)(O)c2ccc(-c3ccc(P(=O)(O)O)cc3)cc2)c(CCCC)c1CCCC. The van der Waals surface area contributed by atoms with Crippen LogP contribution >= 0.6 is 15.2 Å². The Morgan fingerprint density at radius 2 is 1.08 bits per heavy atom. The zero-order chi connectivity index (χ0) is 27.8. The van der Waals surface area contributed by atoms with Gasteiger partial charge in [-0.05, 0) is 96.7 Å². The first-order valence-electron chi connectivity index (χ1n) is 13.5. The second kappa shape index (κ2) is 13.7. The van der Waals surface area contributed by atoms with E-state index in [-0.39, 0.29) is 10.6 Å². The molecule has 0 aromatic heterocycles. The Morgan fingerprint density at radius 1 is 0.605 bits per heavy atom. The average molecular weight is 559 g/mol. The van der Waals surface area contributed by atoms with Crippen molar-refractivity contribution in [1.29, 1.82) is 0 Å². The molecule has 0 aliphatic carbocycles. The molecule has 0 saturated carbocycles. The molecule has 206 valence electrons. The van der Waals surface area contributed by atoms with E-state index in [1.54, 1.807) is 36.4 Å². The van der Waals surface area contributed by atoms with Crippen molar-refractivity contribution < 1.29 is 28.3 Å². The van der Waals surface area contributed by atoms with Crippen LogP contribution in [-0.2, 0) is 28.4 Å². The van der Waals surface area contributed by atoms with Crippen LogP contribution in [0.4, 0.5) is 0 Å². The summed E-state index contributed by atoms with van der Waals surface area (Å²) in [5, 5.41) is 0.142. The van der Waals surface area contributed by atoms with E-state index >= 15 is 0 Å². The standard InChI is InChI=1S/C30H40O6P2/c1-4-7-10-25-17-22-30(29(12-9-6-3)28(25)11-8-5-2)36-38(34,35)27-20-15-24(16-21-27)23-13-18-26(19-14-23)37(31,32)33/h13-22H,4-12H2,1-3H3,(H,34,35)(H2,31,32,33). The molecule has 0 spiro atoms. The summed E-state index contributed by atoms with van der Waals surface area (Å²) in [5.41, 5.74) is 5.16. The van der Waals surface area contributed by atoms with E-state index in [1.807, 2.05) is 6.07 Å². The Hall–Kier alpha value is -2.20. The highest BCUT2D eigenvalue weighted by Crippen LogP contribution is 2.45. The Kier molecular flexibility index (Phi) is 11.0. The zero-order valence-electron chi connectivity index (χ0n) is 22.6. The third-order valence-corrected chi connectivity index (χ3v) is 9.16. The molecule has 0 saturated heterocycles. The second-order valence-corrected chi connectivity index (χ2v) is 13.1. The number of hydrogen-bond acceptors (Lipinski definition) is 3. The van der Waals surface area contributed by atoms with E-state index in [9.17, 15) is 23.8 Å². The molecule has 3 aromatic carbocycles. The molecule has 0 radical (unpaired) electrons. The maximum atomic E-state index is 13.4. The largest absolute Gasteiger partial charge is 0.421 e. The van der Waals surface area contributed by atoms with Gasteiger partial charge in [-0.25, -0.2) is 4.57 Å². The molecular formula is C30H40O6P2. The molecular weight excluding hydrogens is 518 g/mol. The minimum Gasteiger partial charge on any atom is -0.421 e. The molecule has 0 aliphatic heterocycles. The van der Waals surface area contributed by atoms with Gasteiger partial charge in [0.2, 0.25) is 0 Å². The first kappa shape index (κ1) is 30.3. The van der Waals surface area contributed by atoms with E-state index in [0.29, 0.717) is 5.75 Å². The lowest BCUT2D eigenvalue weighted by Crippen LogP contribution is -2.11. The summed E-state index contributed by atoms with van der Waals surface area (Å²) in [7, 11) is -8.46. The lowest BCUT2D eigenvalue weighted by Gasteiger charge is -2.21. The molecule has 3 N–H and O–H groups in total. The van der Waals surface area contributed by atoms with Crippen molar-refractivity contribution >= 4 is 25.8 Å². The van der Waals surface area contributed by atoms with Gasteiger partial charge in [0.05, 0.1) is 10.6 Å². The van der Waals surface area contributed by atoms with Crippen molar-refractivity contribution in [3.8, 4) is 16.9 Å². The van der Waals surface area contributed by atoms with E-state index in [0.717, 1.165) is 74.5 Å². The molecule has 6 nitrogen and oxygen atoms in total. The maximum Gasteiger partial charge on any atom is 0.408 e. The molecule has 3 aromatic rings. The van der Waals surface area contributed by atoms with Crippen molar-refractivity contribution in [2.24, 2.45) is 0 Å². The van der Waals surface area contributed by atoms with Gasteiger partial charge in [-0.2, -0.15) is 0 Å². The quantitative estimate of drug-likeness (QED) is 0.183. The van der Waals surface area contributed by atoms with Crippen LogP contribution in [0.25, 0.3) is 11.1 Å². The van der Waals surface area contributed by atoms with Crippen molar-refractivity contribution in [1.82, 2.24) is 0 Å². The molecule has 1 unspecified atom stereocenters. The van der Waals surface area contributed by atoms with Crippen LogP contribution in [0, 0.1) is 0 Å². The van der Waals surface area contributed by atoms with Crippen LogP contribution in [0.2, 0.25) is 0 Å². The lowest BCUT2D eigenvalue weighted by molar-refractivity contribution is 0.386. The van der Waals surface area contributed by atoms with Gasteiger partial charge in [-0.3, -0.25) is 4.57 Å². The smallest absolute Gasteiger partial charge is 0.408 e. The molecule has 0 amide bonds. The first-order chi connectivity index (χ1) is 18.1. The van der Waals surface area contributed by atoms with Gasteiger partial charge in [0.1, 0.15) is 5.75 Å². The fourth-order valence-corrected chi connectivity index (χ4v) is 6.18. The monoisotopic (exact) mass is 558 g/mol. The summed E-state index contributed by atoms with van der Waals surface area (Å²) in [5.74, 6) is 0.493. The summed E-state index contributed by atoms with van der Waals surface area (Å²) < 4.78 is 30.8. The normalized spacial score (nSPS) is 13.3. The number of rotatable bonds is 14. The average Bonchev–Trinajstić information content (AvgIpc) is 2.90. The molecule has 0 fully saturated rings. The first-order valence-corrected chi connectivity index (χ1v) is 16.7. The highest BCUT2D eigenvalue weighted by Gasteiger charge is 2.27. The third-order valence-electron chi connectivity index (χ3n) is 6.80. The Morgan fingerprint density at radius 3 is 1.58 bits per heavy atom. The fourth-order valence-electron chi connectivity index (χ4n) is 4.58. The molecule has 38 heavy (non-hydrogen) atoms. The second-order valence-electron chi connectivity index (χ2n) is 9.74. The Labute approximate surface area is 226 Å². The van der Waals surface area contributed by atoms with Crippen molar-refractivity contribution in [2.45, 2.75) is 78.6 Å². The highest BCUT2D eigenvalue weighted by molar-refractivity contribution is 7.61. The molecule has 8 heteroatoms. The van der Waals surface area contributed by atoms with Gasteiger partial charge in [-0.1, -0.05) is 70.4 Å². The van der Waals surface area contributed by atoms with E-state index < -0.39 is 15.2 Å². The lowest BCUT2D eigenvalue weighted by atomic mass is 9.90. The van der Waals surface area contributed by atoms with Gasteiger partial charge < -0.3 is 19.2 Å². The summed E-state index contributed by atoms with van der Waals surface area (Å²) in [4.78, 5) is 29.6. The molecule has 3 rings (SSSR count). The van der Waals surface area contributed by atoms with Crippen LogP contribution in [0.1, 0.15) is 76.0 Å². The number of benzene rings is 3. The third kappa shape index (κ3) is 7.91. The van der Waals surface area contributed by atoms with Crippen molar-refractivity contribution in [2.75, 3.05) is 0 Å². The van der Waals surface area contributed by atoms with E-state index in [4.69, 9.17) is 4.52 Å². The predicted octanol–water partition coefficient (Wildman–Crippen LogP) is 7.07. The topological polar surface area (TPSA) is 104 Å². The number of aryl methyl sites for hydroxylation is 1. The van der Waals surface area contributed by atoms with Gasteiger partial charge in [0.15, 0.2) is 0 Å². The van der Waals surface area contributed by atoms with Crippen LogP contribution in [0.5, 0.6) is 5.75 Å². The highest BCUT2D eigenvalue weighted by atomic mass is 31.2. The zero-order valence-corrected chi connectivity index (χ0v) is 24.4. The van der Waals surface area contributed by atoms with Gasteiger partial charge in [0, 0.05) is 0 Å². The summed E-state index contributed by atoms with van der Waals surface area (Å²) in [6.45, 7) is 6.51. The molecule has 0 heterocycles.